The third-order valence-corrected chi connectivity index (χ3v) is 4.79. The molecule has 7 heteroatoms. The number of hydrogen-bond donors (Lipinski definition) is 2. The second kappa shape index (κ2) is 7.68. The summed E-state index contributed by atoms with van der Waals surface area (Å²) in [5.74, 6) is 5.40. The van der Waals surface area contributed by atoms with Crippen molar-refractivity contribution in [1.29, 1.82) is 0 Å². The highest BCUT2D eigenvalue weighted by atomic mass is 35.5. The molecule has 0 bridgehead atoms. The van der Waals surface area contributed by atoms with Crippen LogP contribution < -0.4 is 11.3 Å². The number of thioether (sulfide) groups is 1. The van der Waals surface area contributed by atoms with Crippen LogP contribution in [0.15, 0.2) is 29.2 Å². The number of likely N-dealkylation sites (tertiary alicyclic amines) is 1. The molecule has 0 aromatic heterocycles. The van der Waals surface area contributed by atoms with Gasteiger partial charge < -0.3 is 4.90 Å². The smallest absolute Gasteiger partial charge is 0.237 e. The Bertz CT molecular complexity index is 501. The van der Waals surface area contributed by atoms with Gasteiger partial charge in [-0.25, -0.2) is 5.84 Å². The lowest BCUT2D eigenvalue weighted by Crippen LogP contribution is -2.45. The van der Waals surface area contributed by atoms with Crippen LogP contribution in [-0.2, 0) is 9.59 Å². The molecule has 1 aliphatic rings. The minimum absolute atomic E-state index is 0.0806. The highest BCUT2D eigenvalue weighted by Gasteiger charge is 2.26. The number of hydrogen-bond acceptors (Lipinski definition) is 4. The monoisotopic (exact) mass is 327 g/mol. The summed E-state index contributed by atoms with van der Waals surface area (Å²) in [5.41, 5.74) is 2.17. The Morgan fingerprint density at radius 2 is 1.90 bits per heavy atom. The third-order valence-electron chi connectivity index (χ3n) is 3.54. The van der Waals surface area contributed by atoms with Gasteiger partial charge in [-0.2, -0.15) is 0 Å². The van der Waals surface area contributed by atoms with Gasteiger partial charge in [0, 0.05) is 28.9 Å². The van der Waals surface area contributed by atoms with Crippen molar-refractivity contribution in [2.45, 2.75) is 17.7 Å². The first-order valence-corrected chi connectivity index (χ1v) is 8.13. The molecule has 3 N–H and O–H groups in total. The van der Waals surface area contributed by atoms with Crippen LogP contribution in [0.1, 0.15) is 12.8 Å². The van der Waals surface area contributed by atoms with E-state index in [2.05, 4.69) is 5.43 Å². The van der Waals surface area contributed by atoms with E-state index in [0.717, 1.165) is 4.90 Å². The number of nitrogens with two attached hydrogens (primary N) is 1. The molecule has 1 aromatic carbocycles. The van der Waals surface area contributed by atoms with Crippen molar-refractivity contribution in [3.63, 3.8) is 0 Å². The molecule has 0 unspecified atom stereocenters. The van der Waals surface area contributed by atoms with Gasteiger partial charge in [-0.3, -0.25) is 15.0 Å². The Hall–Kier alpha value is -1.24. The average molecular weight is 328 g/mol. The van der Waals surface area contributed by atoms with Crippen LogP contribution in [0, 0.1) is 5.92 Å². The van der Waals surface area contributed by atoms with E-state index in [1.165, 1.54) is 11.8 Å². The topological polar surface area (TPSA) is 75.4 Å². The summed E-state index contributed by atoms with van der Waals surface area (Å²) in [6.45, 7) is 1.22. The summed E-state index contributed by atoms with van der Waals surface area (Å²) < 4.78 is 0. The van der Waals surface area contributed by atoms with E-state index in [1.807, 2.05) is 29.2 Å². The first kappa shape index (κ1) is 16.1. The summed E-state index contributed by atoms with van der Waals surface area (Å²) in [7, 11) is 0. The lowest BCUT2D eigenvalue weighted by Gasteiger charge is -2.31. The van der Waals surface area contributed by atoms with Gasteiger partial charge in [0.2, 0.25) is 11.8 Å². The molecule has 1 aromatic rings. The molecular weight excluding hydrogens is 310 g/mol. The predicted octanol–water partition coefficient (Wildman–Crippen LogP) is 1.66. The lowest BCUT2D eigenvalue weighted by atomic mass is 9.96. The van der Waals surface area contributed by atoms with Gasteiger partial charge in [-0.05, 0) is 37.1 Å². The van der Waals surface area contributed by atoms with Crippen molar-refractivity contribution < 1.29 is 9.59 Å². The Morgan fingerprint density at radius 1 is 1.29 bits per heavy atom. The summed E-state index contributed by atoms with van der Waals surface area (Å²) in [4.78, 5) is 26.4. The van der Waals surface area contributed by atoms with Gasteiger partial charge in [-0.15, -0.1) is 11.8 Å². The molecule has 2 rings (SSSR count). The summed E-state index contributed by atoms with van der Waals surface area (Å²) in [6.07, 6.45) is 1.33. The van der Waals surface area contributed by atoms with E-state index in [-0.39, 0.29) is 17.7 Å². The van der Waals surface area contributed by atoms with Crippen molar-refractivity contribution in [3.8, 4) is 0 Å². The largest absolute Gasteiger partial charge is 0.342 e. The second-order valence-electron chi connectivity index (χ2n) is 4.91. The summed E-state index contributed by atoms with van der Waals surface area (Å²) in [5, 5.41) is 0.686. The minimum Gasteiger partial charge on any atom is -0.342 e. The average Bonchev–Trinajstić information content (AvgIpc) is 2.53. The van der Waals surface area contributed by atoms with E-state index >= 15 is 0 Å². The van der Waals surface area contributed by atoms with E-state index in [9.17, 15) is 9.59 Å². The van der Waals surface area contributed by atoms with E-state index < -0.39 is 0 Å². The number of rotatable bonds is 4. The van der Waals surface area contributed by atoms with Gasteiger partial charge >= 0.3 is 0 Å². The number of benzene rings is 1. The van der Waals surface area contributed by atoms with Gasteiger partial charge in [0.15, 0.2) is 0 Å². The van der Waals surface area contributed by atoms with Crippen LogP contribution >= 0.6 is 23.4 Å². The zero-order valence-corrected chi connectivity index (χ0v) is 13.1. The van der Waals surface area contributed by atoms with Crippen molar-refractivity contribution in [2.75, 3.05) is 18.8 Å². The van der Waals surface area contributed by atoms with E-state index in [4.69, 9.17) is 17.4 Å². The molecule has 21 heavy (non-hydrogen) atoms. The maximum Gasteiger partial charge on any atom is 0.237 e. The van der Waals surface area contributed by atoms with Crippen LogP contribution in [0.3, 0.4) is 0 Å². The van der Waals surface area contributed by atoms with Crippen molar-refractivity contribution in [2.24, 2.45) is 11.8 Å². The van der Waals surface area contributed by atoms with Crippen LogP contribution in [0.25, 0.3) is 0 Å². The number of carbonyl (C=O) groups is 2. The van der Waals surface area contributed by atoms with Crippen LogP contribution in [-0.4, -0.2) is 35.6 Å². The Balaban J connectivity index is 1.77. The van der Waals surface area contributed by atoms with Crippen molar-refractivity contribution in [3.05, 3.63) is 29.3 Å². The van der Waals surface area contributed by atoms with Crippen molar-refractivity contribution >= 4 is 35.2 Å². The van der Waals surface area contributed by atoms with Crippen LogP contribution in [0.5, 0.6) is 0 Å². The Labute approximate surface area is 133 Å². The molecular formula is C14H18ClN3O2S. The van der Waals surface area contributed by atoms with Gasteiger partial charge in [0.1, 0.15) is 0 Å². The molecule has 0 radical (unpaired) electrons. The van der Waals surface area contributed by atoms with E-state index in [0.29, 0.717) is 36.7 Å². The number of hydrazine groups is 1. The molecule has 114 valence electrons. The molecule has 1 heterocycles. The second-order valence-corrected chi connectivity index (χ2v) is 6.39. The Kier molecular flexibility index (Phi) is 5.90. The number of nitrogens with one attached hydrogen (secondary N) is 1. The quantitative estimate of drug-likeness (QED) is 0.382. The number of nitrogens with zero attached hydrogens (tertiary/aromatic N) is 1. The lowest BCUT2D eigenvalue weighted by molar-refractivity contribution is -0.133. The molecule has 2 amide bonds. The third kappa shape index (κ3) is 4.62. The van der Waals surface area contributed by atoms with Gasteiger partial charge in [0.05, 0.1) is 5.75 Å². The zero-order valence-electron chi connectivity index (χ0n) is 11.5. The molecule has 0 saturated carbocycles. The maximum absolute atomic E-state index is 12.1. The first-order valence-electron chi connectivity index (χ1n) is 6.76. The normalized spacial score (nSPS) is 15.8. The van der Waals surface area contributed by atoms with Gasteiger partial charge in [-0.1, -0.05) is 11.6 Å². The summed E-state index contributed by atoms with van der Waals surface area (Å²) in [6, 6.07) is 7.42. The fraction of sp³-hybridized carbons (Fsp3) is 0.429. The minimum atomic E-state index is -0.141. The summed E-state index contributed by atoms with van der Waals surface area (Å²) >= 11 is 7.31. The van der Waals surface area contributed by atoms with Crippen LogP contribution in [0.2, 0.25) is 5.02 Å². The predicted molar refractivity (Wildman–Crippen MR) is 83.8 cm³/mol. The van der Waals surface area contributed by atoms with Crippen LogP contribution in [0.4, 0.5) is 0 Å². The molecule has 1 saturated heterocycles. The maximum atomic E-state index is 12.1. The molecule has 0 aliphatic carbocycles. The highest BCUT2D eigenvalue weighted by molar-refractivity contribution is 8.00. The fourth-order valence-corrected chi connectivity index (χ4v) is 3.20. The molecule has 1 aliphatic heterocycles. The van der Waals surface area contributed by atoms with E-state index in [1.54, 1.807) is 0 Å². The molecule has 5 nitrogen and oxygen atoms in total. The number of carbonyl (C=O) groups excluding carboxylic acids is 2. The standard InChI is InChI=1S/C14H18ClN3O2S/c15-11-1-3-12(4-2-11)21-9-13(19)18-7-5-10(6-8-18)14(20)17-16/h1-4,10H,5-9,16H2,(H,17,20). The highest BCUT2D eigenvalue weighted by Crippen LogP contribution is 2.22. The first-order chi connectivity index (χ1) is 10.1. The molecule has 1 fully saturated rings. The SMILES string of the molecule is NNC(=O)C1CCN(C(=O)CSc2ccc(Cl)cc2)CC1. The molecule has 0 spiro atoms. The Morgan fingerprint density at radius 3 is 2.48 bits per heavy atom. The van der Waals surface area contributed by atoms with Crippen molar-refractivity contribution in [1.82, 2.24) is 10.3 Å². The zero-order chi connectivity index (χ0) is 15.2. The number of halogens is 1. The fourth-order valence-electron chi connectivity index (χ4n) is 2.28. The number of amides is 2. The number of piperidine rings is 1. The molecule has 0 atom stereocenters. The van der Waals surface area contributed by atoms with Gasteiger partial charge in [0.25, 0.3) is 0 Å².